The highest BCUT2D eigenvalue weighted by atomic mass is 32.2. The lowest BCUT2D eigenvalue weighted by Crippen LogP contribution is -2.47. The predicted molar refractivity (Wildman–Crippen MR) is 142 cm³/mol. The molecule has 1 aliphatic rings. The Morgan fingerprint density at radius 1 is 1.25 bits per heavy atom. The average Bonchev–Trinajstić information content (AvgIpc) is 3.55. The smallest absolute Gasteiger partial charge is 0.239 e. The summed E-state index contributed by atoms with van der Waals surface area (Å²) in [5.41, 5.74) is 1.91. The number of ether oxygens (including phenoxy) is 1. The van der Waals surface area contributed by atoms with Gasteiger partial charge in [-0.15, -0.1) is 0 Å². The van der Waals surface area contributed by atoms with Crippen LogP contribution in [0.3, 0.4) is 0 Å². The van der Waals surface area contributed by atoms with Gasteiger partial charge in [0.1, 0.15) is 29.6 Å². The Morgan fingerprint density at radius 2 is 2.06 bits per heavy atom. The molecule has 1 fully saturated rings. The lowest BCUT2D eigenvalue weighted by atomic mass is 10.0. The Morgan fingerprint density at radius 3 is 2.75 bits per heavy atom. The molecule has 0 unspecified atom stereocenters. The fourth-order valence-corrected chi connectivity index (χ4v) is 4.83. The number of likely N-dealkylation sites (N-methyl/N-ethyl adjacent to an activating group) is 1. The first-order valence-corrected chi connectivity index (χ1v) is 13.0. The van der Waals surface area contributed by atoms with Crippen LogP contribution in [0, 0.1) is 17.2 Å². The van der Waals surface area contributed by atoms with Crippen LogP contribution in [0.4, 0.5) is 5.69 Å². The summed E-state index contributed by atoms with van der Waals surface area (Å²) >= 11 is 1.42. The van der Waals surface area contributed by atoms with Crippen LogP contribution in [0.1, 0.15) is 33.1 Å². The van der Waals surface area contributed by atoms with Gasteiger partial charge in [-0.25, -0.2) is 4.72 Å². The third kappa shape index (κ3) is 6.19. The maximum Gasteiger partial charge on any atom is 0.239 e. The van der Waals surface area contributed by atoms with E-state index in [1.807, 2.05) is 37.4 Å². The highest BCUT2D eigenvalue weighted by Crippen LogP contribution is 2.35. The molecule has 8 nitrogen and oxygen atoms in total. The SMILES string of the molecule is CC(C)C[C@H](NSc1ccc2oc3cc(N(C)CCOCC=O)ccc3c2c1)C(=O)NC1(C#N)CC1. The van der Waals surface area contributed by atoms with E-state index < -0.39 is 11.6 Å². The molecule has 3 aromatic rings. The molecule has 4 rings (SSSR count). The van der Waals surface area contributed by atoms with Crippen molar-refractivity contribution in [2.24, 2.45) is 5.92 Å². The molecule has 1 aliphatic carbocycles. The third-order valence-electron chi connectivity index (χ3n) is 6.29. The molecule has 36 heavy (non-hydrogen) atoms. The van der Waals surface area contributed by atoms with Gasteiger partial charge in [-0.3, -0.25) is 4.79 Å². The van der Waals surface area contributed by atoms with E-state index in [-0.39, 0.29) is 12.5 Å². The molecule has 2 aromatic carbocycles. The number of fused-ring (bicyclic) bond motifs is 3. The molecule has 1 heterocycles. The minimum atomic E-state index is -0.678. The van der Waals surface area contributed by atoms with Crippen molar-refractivity contribution in [1.29, 1.82) is 5.26 Å². The zero-order valence-corrected chi connectivity index (χ0v) is 21.7. The summed E-state index contributed by atoms with van der Waals surface area (Å²) in [7, 11) is 1.97. The van der Waals surface area contributed by atoms with Gasteiger partial charge in [0.25, 0.3) is 0 Å². The number of carbonyl (C=O) groups is 2. The maximum absolute atomic E-state index is 12.9. The first-order valence-electron chi connectivity index (χ1n) is 12.2. The Kier molecular flexibility index (Phi) is 8.19. The van der Waals surface area contributed by atoms with Crippen molar-refractivity contribution in [2.75, 3.05) is 31.7 Å². The fraction of sp³-hybridized carbons (Fsp3) is 0.444. The molecule has 1 saturated carbocycles. The van der Waals surface area contributed by atoms with E-state index in [0.29, 0.717) is 38.3 Å². The van der Waals surface area contributed by atoms with E-state index in [4.69, 9.17) is 9.15 Å². The number of benzene rings is 2. The number of nitrogens with zero attached hydrogens (tertiary/aromatic N) is 2. The third-order valence-corrected chi connectivity index (χ3v) is 7.19. The van der Waals surface area contributed by atoms with Crippen LogP contribution >= 0.6 is 11.9 Å². The first kappa shape index (κ1) is 26.0. The molecule has 1 aromatic heterocycles. The van der Waals surface area contributed by atoms with Crippen LogP contribution < -0.4 is 14.9 Å². The fourth-order valence-electron chi connectivity index (χ4n) is 4.04. The number of rotatable bonds is 13. The molecule has 190 valence electrons. The lowest BCUT2D eigenvalue weighted by molar-refractivity contribution is -0.123. The number of aldehydes is 1. The minimum absolute atomic E-state index is 0.106. The lowest BCUT2D eigenvalue weighted by Gasteiger charge is -2.21. The van der Waals surface area contributed by atoms with Crippen molar-refractivity contribution in [3.63, 3.8) is 0 Å². The van der Waals surface area contributed by atoms with Gasteiger partial charge in [0.15, 0.2) is 0 Å². The van der Waals surface area contributed by atoms with Crippen molar-refractivity contribution in [2.45, 2.75) is 49.6 Å². The van der Waals surface area contributed by atoms with Crippen molar-refractivity contribution >= 4 is 51.8 Å². The van der Waals surface area contributed by atoms with Crippen molar-refractivity contribution in [3.8, 4) is 6.07 Å². The molecule has 0 radical (unpaired) electrons. The normalized spacial score (nSPS) is 15.1. The molecule has 9 heteroatoms. The van der Waals surface area contributed by atoms with Gasteiger partial charge >= 0.3 is 0 Å². The summed E-state index contributed by atoms with van der Waals surface area (Å²) in [5, 5.41) is 14.3. The Hall–Kier alpha value is -3.06. The van der Waals surface area contributed by atoms with Crippen LogP contribution in [0.2, 0.25) is 0 Å². The number of nitriles is 1. The number of hydrogen-bond acceptors (Lipinski definition) is 8. The number of carbonyl (C=O) groups excluding carboxylic acids is 2. The van der Waals surface area contributed by atoms with E-state index in [0.717, 1.165) is 38.8 Å². The summed E-state index contributed by atoms with van der Waals surface area (Å²) in [6.45, 7) is 5.39. The van der Waals surface area contributed by atoms with Crippen molar-refractivity contribution < 1.29 is 18.7 Å². The van der Waals surface area contributed by atoms with Crippen molar-refractivity contribution in [1.82, 2.24) is 10.0 Å². The molecule has 0 aliphatic heterocycles. The second kappa shape index (κ2) is 11.3. The molecule has 1 atom stereocenters. The maximum atomic E-state index is 12.9. The number of hydrogen-bond donors (Lipinski definition) is 2. The summed E-state index contributed by atoms with van der Waals surface area (Å²) in [6, 6.07) is 13.9. The van der Waals surface area contributed by atoms with Crippen LogP contribution in [0.25, 0.3) is 21.9 Å². The summed E-state index contributed by atoms with van der Waals surface area (Å²) in [5.74, 6) is 0.202. The topological polar surface area (TPSA) is 108 Å². The van der Waals surface area contributed by atoms with E-state index in [9.17, 15) is 14.9 Å². The Bertz CT molecular complexity index is 1280. The highest BCUT2D eigenvalue weighted by Gasteiger charge is 2.45. The van der Waals surface area contributed by atoms with E-state index in [2.05, 4.69) is 40.9 Å². The van der Waals surface area contributed by atoms with Crippen LogP contribution in [-0.2, 0) is 14.3 Å². The molecule has 0 bridgehead atoms. The molecular formula is C27H32N4O4S. The molecule has 1 amide bonds. The number of anilines is 1. The summed E-state index contributed by atoms with van der Waals surface area (Å²) in [6.07, 6.45) is 2.85. The summed E-state index contributed by atoms with van der Waals surface area (Å²) in [4.78, 5) is 26.3. The zero-order chi connectivity index (χ0) is 25.7. The Balaban J connectivity index is 1.46. The van der Waals surface area contributed by atoms with Gasteiger partial charge in [0.2, 0.25) is 5.91 Å². The van der Waals surface area contributed by atoms with Crippen LogP contribution in [0.15, 0.2) is 45.7 Å². The molecule has 0 saturated heterocycles. The quantitative estimate of drug-likeness (QED) is 0.198. The van der Waals surface area contributed by atoms with Crippen molar-refractivity contribution in [3.05, 3.63) is 36.4 Å². The Labute approximate surface area is 215 Å². The largest absolute Gasteiger partial charge is 0.456 e. The van der Waals surface area contributed by atoms with Gasteiger partial charge in [-0.05, 0) is 67.5 Å². The molecule has 0 spiro atoms. The predicted octanol–water partition coefficient (Wildman–Crippen LogP) is 4.42. The van der Waals surface area contributed by atoms with Gasteiger partial charge in [-0.2, -0.15) is 5.26 Å². The monoisotopic (exact) mass is 508 g/mol. The summed E-state index contributed by atoms with van der Waals surface area (Å²) < 4.78 is 14.7. The minimum Gasteiger partial charge on any atom is -0.456 e. The number of nitrogens with one attached hydrogen (secondary N) is 2. The van der Waals surface area contributed by atoms with Gasteiger partial charge < -0.3 is 24.2 Å². The van der Waals surface area contributed by atoms with Gasteiger partial charge in [0, 0.05) is 41.0 Å². The van der Waals surface area contributed by atoms with Gasteiger partial charge in [0.05, 0.1) is 18.7 Å². The standard InChI is InChI=1S/C27H32N4O4S/c1-18(2)14-23(26(33)29-27(17-28)8-9-27)30-36-20-5-7-24-22(16-20)21-6-4-19(15-25(21)35-24)31(3)10-12-34-13-11-32/h4-7,11,15-16,18,23,30H,8-10,12-14H2,1-3H3,(H,29,33)/t23-/m0/s1. The van der Waals surface area contributed by atoms with Gasteiger partial charge in [-0.1, -0.05) is 13.8 Å². The number of furan rings is 1. The number of amides is 1. The van der Waals surface area contributed by atoms with Crippen LogP contribution in [0.5, 0.6) is 0 Å². The van der Waals surface area contributed by atoms with E-state index in [1.165, 1.54) is 11.9 Å². The first-order chi connectivity index (χ1) is 17.3. The zero-order valence-electron chi connectivity index (χ0n) is 20.9. The second-order valence-corrected chi connectivity index (χ2v) is 10.6. The van der Waals surface area contributed by atoms with E-state index >= 15 is 0 Å². The van der Waals surface area contributed by atoms with Crippen LogP contribution in [-0.4, -0.2) is 50.6 Å². The average molecular weight is 509 g/mol. The molecular weight excluding hydrogens is 476 g/mol. The van der Waals surface area contributed by atoms with E-state index in [1.54, 1.807) is 0 Å². The highest BCUT2D eigenvalue weighted by molar-refractivity contribution is 7.97. The molecule has 2 N–H and O–H groups in total. The second-order valence-electron chi connectivity index (χ2n) is 9.69.